The lowest BCUT2D eigenvalue weighted by Gasteiger charge is -2.14. The molecule has 2 heterocycles. The molecule has 0 saturated carbocycles. The van der Waals surface area contributed by atoms with E-state index in [1.54, 1.807) is 0 Å². The van der Waals surface area contributed by atoms with Gasteiger partial charge in [0.25, 0.3) is 0 Å². The zero-order valence-corrected chi connectivity index (χ0v) is 16.0. The Morgan fingerprint density at radius 3 is 2.61 bits per heavy atom. The highest BCUT2D eigenvalue weighted by atomic mass is 35.5. The first-order valence-corrected chi connectivity index (χ1v) is 9.26. The van der Waals surface area contributed by atoms with Gasteiger partial charge in [-0.1, -0.05) is 53.5 Å². The molecule has 1 atom stereocenters. The molecule has 2 aromatic carbocycles. The van der Waals surface area contributed by atoms with Gasteiger partial charge in [0.15, 0.2) is 0 Å². The van der Waals surface area contributed by atoms with Crippen LogP contribution in [0.4, 0.5) is 4.39 Å². The molecule has 0 aliphatic rings. The molecule has 4 rings (SSSR count). The van der Waals surface area contributed by atoms with Gasteiger partial charge in [0.05, 0.1) is 15.6 Å². The maximum Gasteiger partial charge on any atom is 0.249 e. The summed E-state index contributed by atoms with van der Waals surface area (Å²) in [5.74, 6) is -0.155. The van der Waals surface area contributed by atoms with Gasteiger partial charge < -0.3 is 9.40 Å². The number of hydrogen-bond acceptors (Lipinski definition) is 4. The minimum Gasteiger partial charge on any atom is -0.418 e. The molecular weight excluding hydrogens is 402 g/mol. The van der Waals surface area contributed by atoms with Crippen LogP contribution in [0, 0.1) is 5.82 Å². The van der Waals surface area contributed by atoms with Crippen molar-refractivity contribution < 1.29 is 8.81 Å². The van der Waals surface area contributed by atoms with Gasteiger partial charge in [-0.3, -0.25) is 5.32 Å². The van der Waals surface area contributed by atoms with Crippen molar-refractivity contribution in [2.45, 2.75) is 12.6 Å². The predicted molar refractivity (Wildman–Crippen MR) is 106 cm³/mol. The number of aromatic nitrogens is 3. The summed E-state index contributed by atoms with van der Waals surface area (Å²) >= 11 is 11.9. The molecule has 142 valence electrons. The zero-order chi connectivity index (χ0) is 19.5. The summed E-state index contributed by atoms with van der Waals surface area (Å²) in [5.41, 5.74) is 2.26. The average Bonchev–Trinajstić information content (AvgIpc) is 3.39. The molecular formula is C20H15Cl2FN4O. The van der Waals surface area contributed by atoms with E-state index in [0.29, 0.717) is 12.4 Å². The van der Waals surface area contributed by atoms with E-state index in [2.05, 4.69) is 20.5 Å². The molecule has 28 heavy (non-hydrogen) atoms. The summed E-state index contributed by atoms with van der Waals surface area (Å²) in [4.78, 5) is 3.16. The first-order chi connectivity index (χ1) is 13.6. The number of H-pyrrole nitrogens is 1. The number of benzene rings is 2. The molecule has 0 bridgehead atoms. The molecule has 8 heteroatoms. The lowest BCUT2D eigenvalue weighted by molar-refractivity contribution is 0.433. The SMILES string of the molecule is Fc1cc(-c2nnc(C(NCc3ccccc3)c3ccc[nH]3)o2)c(Cl)cc1Cl. The Labute approximate surface area is 170 Å². The minimum absolute atomic E-state index is 0.0673. The molecule has 0 spiro atoms. The lowest BCUT2D eigenvalue weighted by atomic mass is 10.1. The maximum atomic E-state index is 13.8. The second-order valence-electron chi connectivity index (χ2n) is 6.12. The van der Waals surface area contributed by atoms with Gasteiger partial charge in [0.2, 0.25) is 11.8 Å². The van der Waals surface area contributed by atoms with Crippen LogP contribution >= 0.6 is 23.2 Å². The highest BCUT2D eigenvalue weighted by molar-refractivity contribution is 6.36. The number of nitrogens with one attached hydrogen (secondary N) is 2. The van der Waals surface area contributed by atoms with Crippen molar-refractivity contribution in [1.82, 2.24) is 20.5 Å². The van der Waals surface area contributed by atoms with Crippen molar-refractivity contribution in [3.63, 3.8) is 0 Å². The normalized spacial score (nSPS) is 12.2. The molecule has 0 aliphatic heterocycles. The minimum atomic E-state index is -0.607. The van der Waals surface area contributed by atoms with Crippen LogP contribution in [-0.4, -0.2) is 15.2 Å². The Morgan fingerprint density at radius 2 is 1.86 bits per heavy atom. The van der Waals surface area contributed by atoms with E-state index in [1.165, 1.54) is 12.1 Å². The highest BCUT2D eigenvalue weighted by Crippen LogP contribution is 2.32. The molecule has 0 aliphatic carbocycles. The Hall–Kier alpha value is -2.67. The second kappa shape index (κ2) is 8.14. The van der Waals surface area contributed by atoms with Crippen LogP contribution in [0.15, 0.2) is 65.2 Å². The van der Waals surface area contributed by atoms with Crippen molar-refractivity contribution in [1.29, 1.82) is 0 Å². The Balaban J connectivity index is 1.64. The molecule has 1 unspecified atom stereocenters. The van der Waals surface area contributed by atoms with Crippen LogP contribution in [0.2, 0.25) is 10.0 Å². The third-order valence-electron chi connectivity index (χ3n) is 4.21. The first-order valence-electron chi connectivity index (χ1n) is 8.50. The monoisotopic (exact) mass is 416 g/mol. The van der Waals surface area contributed by atoms with E-state index < -0.39 is 5.82 Å². The van der Waals surface area contributed by atoms with Crippen molar-refractivity contribution >= 4 is 23.2 Å². The molecule has 0 fully saturated rings. The molecule has 0 saturated heterocycles. The summed E-state index contributed by atoms with van der Waals surface area (Å²) in [7, 11) is 0. The van der Waals surface area contributed by atoms with Gasteiger partial charge in [-0.15, -0.1) is 10.2 Å². The van der Waals surface area contributed by atoms with Crippen molar-refractivity contribution in [2.24, 2.45) is 0 Å². The first kappa shape index (κ1) is 18.7. The molecule has 2 N–H and O–H groups in total. The summed E-state index contributed by atoms with van der Waals surface area (Å²) < 4.78 is 19.7. The quantitative estimate of drug-likeness (QED) is 0.413. The Kier molecular flexibility index (Phi) is 5.43. The molecule has 2 aromatic heterocycles. The summed E-state index contributed by atoms with van der Waals surface area (Å²) in [5, 5.41) is 11.7. The summed E-state index contributed by atoms with van der Waals surface area (Å²) in [6.07, 6.45) is 1.81. The third-order valence-corrected chi connectivity index (χ3v) is 4.82. The van der Waals surface area contributed by atoms with Gasteiger partial charge in [-0.05, 0) is 29.8 Å². The fraction of sp³-hybridized carbons (Fsp3) is 0.100. The van der Waals surface area contributed by atoms with Crippen LogP contribution < -0.4 is 5.32 Å². The number of hydrogen-bond donors (Lipinski definition) is 2. The van der Waals surface area contributed by atoms with Crippen LogP contribution in [0.25, 0.3) is 11.5 Å². The van der Waals surface area contributed by atoms with Crippen molar-refractivity contribution in [3.8, 4) is 11.5 Å². The molecule has 0 radical (unpaired) electrons. The second-order valence-corrected chi connectivity index (χ2v) is 6.93. The Bertz CT molecular complexity index is 1070. The van der Waals surface area contributed by atoms with Gasteiger partial charge in [0.1, 0.15) is 11.9 Å². The number of rotatable bonds is 6. The molecule has 5 nitrogen and oxygen atoms in total. The van der Waals surface area contributed by atoms with E-state index >= 15 is 0 Å². The summed E-state index contributed by atoms with van der Waals surface area (Å²) in [6, 6.07) is 15.9. The van der Waals surface area contributed by atoms with E-state index in [0.717, 1.165) is 11.3 Å². The number of halogens is 3. The lowest BCUT2D eigenvalue weighted by Crippen LogP contribution is -2.22. The van der Waals surface area contributed by atoms with Crippen LogP contribution in [0.5, 0.6) is 0 Å². The van der Waals surface area contributed by atoms with Gasteiger partial charge >= 0.3 is 0 Å². The van der Waals surface area contributed by atoms with Crippen LogP contribution in [0.1, 0.15) is 23.2 Å². The smallest absolute Gasteiger partial charge is 0.249 e. The number of nitrogens with zero attached hydrogens (tertiary/aromatic N) is 2. The standard InChI is InChI=1S/C20H15Cl2FN4O/c21-14-10-15(22)16(23)9-13(14)19-26-27-20(28-19)18(17-7-4-8-24-17)25-11-12-5-2-1-3-6-12/h1-10,18,24-25H,11H2. The van der Waals surface area contributed by atoms with E-state index in [4.69, 9.17) is 27.6 Å². The predicted octanol–water partition coefficient (Wildman–Crippen LogP) is 5.39. The van der Waals surface area contributed by atoms with E-state index in [9.17, 15) is 4.39 Å². The zero-order valence-electron chi connectivity index (χ0n) is 14.5. The molecule has 0 amide bonds. The third kappa shape index (κ3) is 3.94. The van der Waals surface area contributed by atoms with Crippen molar-refractivity contribution in [2.75, 3.05) is 0 Å². The van der Waals surface area contributed by atoms with Crippen molar-refractivity contribution in [3.05, 3.63) is 93.8 Å². The van der Waals surface area contributed by atoms with Crippen LogP contribution in [0.3, 0.4) is 0 Å². The largest absolute Gasteiger partial charge is 0.418 e. The molecule has 4 aromatic rings. The summed E-state index contributed by atoms with van der Waals surface area (Å²) in [6.45, 7) is 0.596. The Morgan fingerprint density at radius 1 is 1.04 bits per heavy atom. The number of aromatic amines is 1. The fourth-order valence-corrected chi connectivity index (χ4v) is 3.28. The van der Waals surface area contributed by atoms with Gasteiger partial charge in [0, 0.05) is 18.4 Å². The van der Waals surface area contributed by atoms with Gasteiger partial charge in [-0.2, -0.15) is 0 Å². The van der Waals surface area contributed by atoms with Gasteiger partial charge in [-0.25, -0.2) is 4.39 Å². The van der Waals surface area contributed by atoms with E-state index in [1.807, 2.05) is 48.7 Å². The fourth-order valence-electron chi connectivity index (χ4n) is 2.82. The maximum absolute atomic E-state index is 13.8. The highest BCUT2D eigenvalue weighted by Gasteiger charge is 2.23. The topological polar surface area (TPSA) is 66.7 Å². The van der Waals surface area contributed by atoms with Crippen LogP contribution in [-0.2, 0) is 6.54 Å². The average molecular weight is 417 g/mol. The van der Waals surface area contributed by atoms with E-state index in [-0.39, 0.29) is 27.5 Å².